The number of methoxy groups -OCH3 is 2. The minimum Gasteiger partial charge on any atom is -0.484 e. The fourth-order valence-electron chi connectivity index (χ4n) is 3.29. The molecule has 0 aliphatic rings. The van der Waals surface area contributed by atoms with E-state index in [0.717, 1.165) is 6.07 Å². The van der Waals surface area contributed by atoms with Crippen LogP contribution in [0, 0.1) is 11.6 Å². The van der Waals surface area contributed by atoms with Crippen molar-refractivity contribution in [3.63, 3.8) is 0 Å². The number of aromatic nitrogens is 3. The van der Waals surface area contributed by atoms with Gasteiger partial charge in [-0.1, -0.05) is 0 Å². The van der Waals surface area contributed by atoms with Crippen molar-refractivity contribution < 1.29 is 31.4 Å². The Hall–Kier alpha value is -4.10. The first-order valence-electron chi connectivity index (χ1n) is 10.4. The molecule has 0 bridgehead atoms. The SMILES string of the molecule is COCCOc1cnc2ccc(-c3cnc(OC)c(NS(=O)(=O)c4cc(F)ccc4F)c3)cn2c1=O. The molecule has 13 heteroatoms. The van der Waals surface area contributed by atoms with Crippen LogP contribution >= 0.6 is 0 Å². The molecule has 0 saturated heterocycles. The number of fused-ring (bicyclic) bond motifs is 1. The number of ether oxygens (including phenoxy) is 3. The molecule has 3 heterocycles. The second kappa shape index (κ2) is 10.3. The maximum Gasteiger partial charge on any atom is 0.300 e. The maximum atomic E-state index is 14.1. The topological polar surface area (TPSA) is 121 Å². The lowest BCUT2D eigenvalue weighted by Gasteiger charge is -2.13. The van der Waals surface area contributed by atoms with E-state index in [1.54, 1.807) is 12.1 Å². The quantitative estimate of drug-likeness (QED) is 0.336. The number of hydrogen-bond acceptors (Lipinski definition) is 8. The Kier molecular flexibility index (Phi) is 7.12. The monoisotopic (exact) mass is 518 g/mol. The minimum atomic E-state index is -4.53. The molecule has 0 unspecified atom stereocenters. The Morgan fingerprint density at radius 3 is 2.56 bits per heavy atom. The van der Waals surface area contributed by atoms with Crippen LogP contribution in [-0.2, 0) is 14.8 Å². The van der Waals surface area contributed by atoms with E-state index in [2.05, 4.69) is 14.7 Å². The second-order valence-electron chi connectivity index (χ2n) is 7.38. The van der Waals surface area contributed by atoms with Gasteiger partial charge in [0, 0.05) is 30.6 Å². The molecule has 0 atom stereocenters. The van der Waals surface area contributed by atoms with Gasteiger partial charge >= 0.3 is 0 Å². The fraction of sp³-hybridized carbons (Fsp3) is 0.174. The average molecular weight is 518 g/mol. The van der Waals surface area contributed by atoms with Gasteiger partial charge < -0.3 is 14.2 Å². The van der Waals surface area contributed by atoms with E-state index in [4.69, 9.17) is 14.2 Å². The third-order valence-corrected chi connectivity index (χ3v) is 6.40. The zero-order chi connectivity index (χ0) is 25.9. The molecule has 0 fully saturated rings. The highest BCUT2D eigenvalue weighted by molar-refractivity contribution is 7.92. The van der Waals surface area contributed by atoms with Crippen LogP contribution in [-0.4, -0.2) is 50.2 Å². The van der Waals surface area contributed by atoms with E-state index in [1.165, 1.54) is 43.3 Å². The lowest BCUT2D eigenvalue weighted by molar-refractivity contribution is 0.145. The predicted octanol–water partition coefficient (Wildman–Crippen LogP) is 2.87. The summed E-state index contributed by atoms with van der Waals surface area (Å²) in [6, 6.07) is 6.72. The first kappa shape index (κ1) is 25.0. The highest BCUT2D eigenvalue weighted by Gasteiger charge is 2.22. The van der Waals surface area contributed by atoms with Crippen molar-refractivity contribution in [2.75, 3.05) is 32.2 Å². The van der Waals surface area contributed by atoms with Gasteiger partial charge in [0.1, 0.15) is 34.5 Å². The summed E-state index contributed by atoms with van der Waals surface area (Å²) in [6.07, 6.45) is 4.21. The lowest BCUT2D eigenvalue weighted by Crippen LogP contribution is -2.19. The van der Waals surface area contributed by atoms with Gasteiger partial charge in [-0.3, -0.25) is 13.9 Å². The van der Waals surface area contributed by atoms with Crippen LogP contribution < -0.4 is 19.8 Å². The Balaban J connectivity index is 1.73. The molecule has 3 aromatic heterocycles. The standard InChI is InChI=1S/C23H20F2N4O6S/c1-33-7-8-35-19-12-26-21-6-3-14(13-29(21)23(19)30)15-9-18(22(34-2)27-11-15)28-36(31,32)20-10-16(24)4-5-17(20)25/h3-6,9-13,28H,7-8H2,1-2H3. The van der Waals surface area contributed by atoms with Crippen molar-refractivity contribution >= 4 is 21.4 Å². The Labute approximate surface area is 204 Å². The van der Waals surface area contributed by atoms with Crippen LogP contribution in [0.2, 0.25) is 0 Å². The summed E-state index contributed by atoms with van der Waals surface area (Å²) in [7, 11) is -1.75. The van der Waals surface area contributed by atoms with Crippen molar-refractivity contribution in [1.82, 2.24) is 14.4 Å². The van der Waals surface area contributed by atoms with Crippen molar-refractivity contribution in [2.24, 2.45) is 0 Å². The number of hydrogen-bond donors (Lipinski definition) is 1. The summed E-state index contributed by atoms with van der Waals surface area (Å²) < 4.78 is 72.2. The number of benzene rings is 1. The van der Waals surface area contributed by atoms with Gasteiger partial charge in [-0.05, 0) is 36.4 Å². The highest BCUT2D eigenvalue weighted by atomic mass is 32.2. The summed E-state index contributed by atoms with van der Waals surface area (Å²) in [4.78, 5) is 20.3. The molecule has 0 saturated carbocycles. The largest absolute Gasteiger partial charge is 0.484 e. The number of anilines is 1. The van der Waals surface area contributed by atoms with Gasteiger partial charge in [0.15, 0.2) is 0 Å². The summed E-state index contributed by atoms with van der Waals surface area (Å²) >= 11 is 0. The molecule has 4 aromatic rings. The molecule has 1 N–H and O–H groups in total. The highest BCUT2D eigenvalue weighted by Crippen LogP contribution is 2.30. The van der Waals surface area contributed by atoms with Gasteiger partial charge in [0.25, 0.3) is 15.6 Å². The van der Waals surface area contributed by atoms with E-state index in [9.17, 15) is 22.0 Å². The summed E-state index contributed by atoms with van der Waals surface area (Å²) in [6.45, 7) is 0.453. The lowest BCUT2D eigenvalue weighted by atomic mass is 10.1. The van der Waals surface area contributed by atoms with E-state index in [1.807, 2.05) is 0 Å². The first-order valence-corrected chi connectivity index (χ1v) is 11.9. The average Bonchev–Trinajstić information content (AvgIpc) is 2.86. The second-order valence-corrected chi connectivity index (χ2v) is 9.03. The van der Waals surface area contributed by atoms with Gasteiger partial charge in [0.05, 0.1) is 19.9 Å². The van der Waals surface area contributed by atoms with Crippen molar-refractivity contribution in [3.8, 4) is 22.8 Å². The van der Waals surface area contributed by atoms with Crippen LogP contribution in [0.25, 0.3) is 16.8 Å². The molecule has 4 rings (SSSR count). The molecule has 0 aliphatic heterocycles. The molecule has 188 valence electrons. The molecule has 10 nitrogen and oxygen atoms in total. The third-order valence-electron chi connectivity index (χ3n) is 5.02. The summed E-state index contributed by atoms with van der Waals surface area (Å²) in [5.41, 5.74) is 0.648. The molecular formula is C23H20F2N4O6S. The van der Waals surface area contributed by atoms with Crippen LogP contribution in [0.1, 0.15) is 0 Å². The summed E-state index contributed by atoms with van der Waals surface area (Å²) in [5.74, 6) is -2.12. The molecular weight excluding hydrogens is 498 g/mol. The van der Waals surface area contributed by atoms with Gasteiger partial charge in [-0.2, -0.15) is 0 Å². The van der Waals surface area contributed by atoms with Crippen LogP contribution in [0.15, 0.2) is 64.7 Å². The number of nitrogens with one attached hydrogen (secondary N) is 1. The number of rotatable bonds is 9. The van der Waals surface area contributed by atoms with Gasteiger partial charge in [0.2, 0.25) is 11.6 Å². The van der Waals surface area contributed by atoms with E-state index in [-0.39, 0.29) is 30.5 Å². The van der Waals surface area contributed by atoms with Crippen molar-refractivity contribution in [3.05, 3.63) is 77.0 Å². The molecule has 0 aliphatic carbocycles. The molecule has 0 amide bonds. The minimum absolute atomic E-state index is 0.0279. The maximum absolute atomic E-state index is 14.1. The molecule has 36 heavy (non-hydrogen) atoms. The molecule has 0 spiro atoms. The van der Waals surface area contributed by atoms with E-state index < -0.39 is 32.1 Å². The van der Waals surface area contributed by atoms with Crippen molar-refractivity contribution in [1.29, 1.82) is 0 Å². The fourth-order valence-corrected chi connectivity index (χ4v) is 4.43. The van der Waals surface area contributed by atoms with Crippen molar-refractivity contribution in [2.45, 2.75) is 4.90 Å². The molecule has 1 aromatic carbocycles. The normalized spacial score (nSPS) is 11.4. The smallest absolute Gasteiger partial charge is 0.300 e. The van der Waals surface area contributed by atoms with Gasteiger partial charge in [-0.15, -0.1) is 0 Å². The van der Waals surface area contributed by atoms with Crippen LogP contribution in [0.3, 0.4) is 0 Å². The van der Waals surface area contributed by atoms with Crippen LogP contribution in [0.4, 0.5) is 14.5 Å². The van der Waals surface area contributed by atoms with E-state index in [0.29, 0.717) is 28.9 Å². The zero-order valence-electron chi connectivity index (χ0n) is 19.1. The number of sulfonamides is 1. The third kappa shape index (κ3) is 5.11. The Morgan fingerprint density at radius 2 is 1.81 bits per heavy atom. The van der Waals surface area contributed by atoms with Gasteiger partial charge in [-0.25, -0.2) is 27.2 Å². The van der Waals surface area contributed by atoms with Crippen LogP contribution in [0.5, 0.6) is 11.6 Å². The zero-order valence-corrected chi connectivity index (χ0v) is 19.9. The first-order chi connectivity index (χ1) is 17.2. The number of halogens is 2. The van der Waals surface area contributed by atoms with E-state index >= 15 is 0 Å². The predicted molar refractivity (Wildman–Crippen MR) is 126 cm³/mol. The number of nitrogens with zero attached hydrogens (tertiary/aromatic N) is 3. The Morgan fingerprint density at radius 1 is 1.00 bits per heavy atom. The number of pyridine rings is 2. The Bertz CT molecular complexity index is 1590. The molecule has 0 radical (unpaired) electrons. The summed E-state index contributed by atoms with van der Waals surface area (Å²) in [5, 5.41) is 0.